The molecular formula is C41H34O10. The zero-order chi connectivity index (χ0) is 36.2. The molecule has 0 amide bonds. The van der Waals surface area contributed by atoms with E-state index in [1.54, 1.807) is 72.8 Å². The number of hydrogen-bond acceptors (Lipinski definition) is 10. The monoisotopic (exact) mass is 686 g/mol. The maximum atomic E-state index is 12.9. The van der Waals surface area contributed by atoms with Gasteiger partial charge in [0.05, 0.1) is 43.5 Å². The molecule has 0 radical (unpaired) electrons. The molecule has 1 aliphatic rings. The van der Waals surface area contributed by atoms with Crippen LogP contribution in [0.1, 0.15) is 50.6 Å². The van der Waals surface area contributed by atoms with E-state index in [0.717, 1.165) is 34.4 Å². The number of hydrogen-bond donors (Lipinski definition) is 0. The molecule has 0 spiro atoms. The standard InChI is InChI=1S/C41H34O10/c1-4-33-36-25-31(50-40(44)27-9-13-29(14-10-27)46-21-7-23-48-38(42)5-2)17-19-34(36)35-20-18-32(26-37(33)35)51-41(45)28-11-15-30(16-12-28)47-22-8-24-49-39(43)6-3/h1,5-6,9-20,25-26,33H,2-3,7-8,21-24H2. The smallest absolute Gasteiger partial charge is 0.343 e. The van der Waals surface area contributed by atoms with Gasteiger partial charge in [0.1, 0.15) is 23.0 Å². The highest BCUT2D eigenvalue weighted by Crippen LogP contribution is 2.47. The first-order valence-electron chi connectivity index (χ1n) is 16.0. The first-order valence-corrected chi connectivity index (χ1v) is 16.0. The molecule has 258 valence electrons. The van der Waals surface area contributed by atoms with Gasteiger partial charge in [-0.05, 0) is 95.1 Å². The number of carbonyl (C=O) groups excluding carboxylic acids is 4. The predicted molar refractivity (Wildman–Crippen MR) is 188 cm³/mol. The lowest BCUT2D eigenvalue weighted by Crippen LogP contribution is -2.09. The Labute approximate surface area is 295 Å². The van der Waals surface area contributed by atoms with Crippen LogP contribution >= 0.6 is 0 Å². The minimum absolute atomic E-state index is 0.213. The van der Waals surface area contributed by atoms with Gasteiger partial charge in [0, 0.05) is 25.0 Å². The first-order chi connectivity index (χ1) is 24.8. The highest BCUT2D eigenvalue weighted by molar-refractivity contribution is 5.92. The van der Waals surface area contributed by atoms with Gasteiger partial charge >= 0.3 is 23.9 Å². The van der Waals surface area contributed by atoms with Gasteiger partial charge in [-0.25, -0.2) is 19.2 Å². The van der Waals surface area contributed by atoms with Gasteiger partial charge in [-0.1, -0.05) is 31.2 Å². The largest absolute Gasteiger partial charge is 0.493 e. The van der Waals surface area contributed by atoms with Crippen molar-refractivity contribution in [3.63, 3.8) is 0 Å². The van der Waals surface area contributed by atoms with Crippen LogP contribution in [0.5, 0.6) is 23.0 Å². The van der Waals surface area contributed by atoms with Gasteiger partial charge in [-0.3, -0.25) is 0 Å². The summed E-state index contributed by atoms with van der Waals surface area (Å²) < 4.78 is 32.4. The predicted octanol–water partition coefficient (Wildman–Crippen LogP) is 6.87. The van der Waals surface area contributed by atoms with Gasteiger partial charge in [0.15, 0.2) is 0 Å². The minimum atomic E-state index is -0.550. The van der Waals surface area contributed by atoms with Crippen molar-refractivity contribution in [1.29, 1.82) is 0 Å². The Morgan fingerprint density at radius 1 is 0.588 bits per heavy atom. The molecule has 0 aromatic heterocycles. The third-order valence-corrected chi connectivity index (χ3v) is 7.66. The van der Waals surface area contributed by atoms with E-state index >= 15 is 0 Å². The average Bonchev–Trinajstić information content (AvgIpc) is 3.46. The van der Waals surface area contributed by atoms with Crippen molar-refractivity contribution >= 4 is 23.9 Å². The summed E-state index contributed by atoms with van der Waals surface area (Å²) in [5.41, 5.74) is 4.02. The third-order valence-electron chi connectivity index (χ3n) is 7.66. The van der Waals surface area contributed by atoms with Crippen LogP contribution in [-0.2, 0) is 19.1 Å². The molecular weight excluding hydrogens is 652 g/mol. The van der Waals surface area contributed by atoms with Gasteiger partial charge in [0.25, 0.3) is 0 Å². The van der Waals surface area contributed by atoms with Crippen molar-refractivity contribution in [2.45, 2.75) is 18.8 Å². The Bertz CT molecular complexity index is 1830. The Kier molecular flexibility index (Phi) is 12.0. The number of benzene rings is 4. The van der Waals surface area contributed by atoms with Gasteiger partial charge < -0.3 is 28.4 Å². The summed E-state index contributed by atoms with van der Waals surface area (Å²) in [7, 11) is 0. The highest BCUT2D eigenvalue weighted by atomic mass is 16.5. The Balaban J connectivity index is 1.16. The summed E-state index contributed by atoms with van der Waals surface area (Å²) in [6.07, 6.45) is 9.19. The lowest BCUT2D eigenvalue weighted by atomic mass is 9.98. The average molecular weight is 687 g/mol. The Morgan fingerprint density at radius 3 is 1.35 bits per heavy atom. The maximum absolute atomic E-state index is 12.9. The molecule has 0 saturated carbocycles. The molecule has 0 aliphatic heterocycles. The van der Waals surface area contributed by atoms with Crippen molar-refractivity contribution in [2.75, 3.05) is 26.4 Å². The molecule has 4 aromatic rings. The lowest BCUT2D eigenvalue weighted by molar-refractivity contribution is -0.138. The van der Waals surface area contributed by atoms with Crippen LogP contribution < -0.4 is 18.9 Å². The maximum Gasteiger partial charge on any atom is 0.343 e. The van der Waals surface area contributed by atoms with E-state index in [2.05, 4.69) is 19.1 Å². The first kappa shape index (κ1) is 35.7. The molecule has 0 saturated heterocycles. The highest BCUT2D eigenvalue weighted by Gasteiger charge is 2.29. The molecule has 10 nitrogen and oxygen atoms in total. The minimum Gasteiger partial charge on any atom is -0.493 e. The zero-order valence-electron chi connectivity index (χ0n) is 27.6. The fourth-order valence-electron chi connectivity index (χ4n) is 5.19. The van der Waals surface area contributed by atoms with Gasteiger partial charge in [0.2, 0.25) is 0 Å². The van der Waals surface area contributed by atoms with Crippen LogP contribution in [0.2, 0.25) is 0 Å². The molecule has 0 heterocycles. The van der Waals surface area contributed by atoms with E-state index in [0.29, 0.717) is 60.2 Å². The fraction of sp³-hybridized carbons (Fsp3) is 0.171. The molecule has 0 unspecified atom stereocenters. The molecule has 1 aliphatic carbocycles. The zero-order valence-corrected chi connectivity index (χ0v) is 27.6. The fourth-order valence-corrected chi connectivity index (χ4v) is 5.19. The van der Waals surface area contributed by atoms with Crippen molar-refractivity contribution < 1.29 is 47.6 Å². The molecule has 0 N–H and O–H groups in total. The summed E-state index contributed by atoms with van der Waals surface area (Å²) in [6, 6.07) is 23.6. The Morgan fingerprint density at radius 2 is 0.980 bits per heavy atom. The number of rotatable bonds is 16. The Hall–Kier alpha value is -6.60. The van der Waals surface area contributed by atoms with Gasteiger partial charge in [-0.2, -0.15) is 0 Å². The molecule has 0 fully saturated rings. The van der Waals surface area contributed by atoms with Crippen LogP contribution in [0.4, 0.5) is 0 Å². The van der Waals surface area contributed by atoms with Crippen molar-refractivity contribution in [2.24, 2.45) is 0 Å². The van der Waals surface area contributed by atoms with E-state index in [1.807, 2.05) is 12.1 Å². The second-order valence-corrected chi connectivity index (χ2v) is 11.1. The number of ether oxygens (including phenoxy) is 6. The summed E-state index contributed by atoms with van der Waals surface area (Å²) in [4.78, 5) is 48.1. The van der Waals surface area contributed by atoms with Gasteiger partial charge in [-0.15, -0.1) is 6.42 Å². The normalized spacial score (nSPS) is 11.2. The summed E-state index contributed by atoms with van der Waals surface area (Å²) in [5.74, 6) is 2.06. The second kappa shape index (κ2) is 17.2. The lowest BCUT2D eigenvalue weighted by Gasteiger charge is -2.10. The molecule has 0 atom stereocenters. The number of terminal acetylenes is 1. The SMILES string of the molecule is C#CC1c2cc(OC(=O)c3ccc(OCCCOC(=O)C=C)cc3)ccc2-c2ccc(OC(=O)c3ccc(OCCCOC(=O)C=C)cc3)cc21. The van der Waals surface area contributed by atoms with Crippen LogP contribution in [0, 0.1) is 12.3 Å². The van der Waals surface area contributed by atoms with Crippen LogP contribution in [0.15, 0.2) is 110 Å². The second-order valence-electron chi connectivity index (χ2n) is 11.1. The molecule has 4 aromatic carbocycles. The van der Waals surface area contributed by atoms with Crippen LogP contribution in [0.25, 0.3) is 11.1 Å². The molecule has 0 bridgehead atoms. The topological polar surface area (TPSA) is 124 Å². The van der Waals surface area contributed by atoms with E-state index in [-0.39, 0.29) is 13.2 Å². The molecule has 5 rings (SSSR count). The van der Waals surface area contributed by atoms with Crippen LogP contribution in [-0.4, -0.2) is 50.3 Å². The third kappa shape index (κ3) is 9.31. The van der Waals surface area contributed by atoms with E-state index in [4.69, 9.17) is 34.8 Å². The number of fused-ring (bicyclic) bond motifs is 3. The van der Waals surface area contributed by atoms with Crippen molar-refractivity contribution in [3.05, 3.63) is 132 Å². The number of carbonyl (C=O) groups is 4. The molecule has 10 heteroatoms. The van der Waals surface area contributed by atoms with E-state index in [9.17, 15) is 19.2 Å². The number of esters is 4. The van der Waals surface area contributed by atoms with Crippen molar-refractivity contribution in [1.82, 2.24) is 0 Å². The van der Waals surface area contributed by atoms with E-state index < -0.39 is 29.8 Å². The van der Waals surface area contributed by atoms with Crippen molar-refractivity contribution in [3.8, 4) is 46.5 Å². The summed E-state index contributed by atoms with van der Waals surface area (Å²) in [6.45, 7) is 7.77. The molecule has 51 heavy (non-hydrogen) atoms. The van der Waals surface area contributed by atoms with Crippen LogP contribution in [0.3, 0.4) is 0 Å². The summed E-state index contributed by atoms with van der Waals surface area (Å²) >= 11 is 0. The quantitative estimate of drug-likeness (QED) is 0.0406. The van der Waals surface area contributed by atoms with E-state index in [1.165, 1.54) is 0 Å². The summed E-state index contributed by atoms with van der Waals surface area (Å²) in [5, 5.41) is 0.